The summed E-state index contributed by atoms with van der Waals surface area (Å²) in [5, 5.41) is 11.6. The van der Waals surface area contributed by atoms with Gasteiger partial charge in [-0.1, -0.05) is 6.07 Å². The maximum absolute atomic E-state index is 11.6. The van der Waals surface area contributed by atoms with Crippen LogP contribution in [-0.4, -0.2) is 22.1 Å². The maximum Gasteiger partial charge on any atom is 0.271 e. The molecular weight excluding hydrogens is 222 g/mol. The van der Waals surface area contributed by atoms with Crippen LogP contribution in [0.4, 0.5) is 0 Å². The van der Waals surface area contributed by atoms with Gasteiger partial charge in [0.15, 0.2) is 5.69 Å². The van der Waals surface area contributed by atoms with Crippen molar-refractivity contribution in [1.29, 1.82) is 0 Å². The quantitative estimate of drug-likeness (QED) is 0.857. The molecule has 2 rings (SSSR count). The first kappa shape index (κ1) is 10.9. The number of thiophene rings is 1. The van der Waals surface area contributed by atoms with Crippen LogP contribution in [0.5, 0.6) is 0 Å². The highest BCUT2D eigenvalue weighted by atomic mass is 32.1. The van der Waals surface area contributed by atoms with Crippen molar-refractivity contribution in [3.8, 4) is 10.6 Å². The van der Waals surface area contributed by atoms with Gasteiger partial charge < -0.3 is 5.32 Å². The predicted molar refractivity (Wildman–Crippen MR) is 64.5 cm³/mol. The molecule has 2 N–H and O–H groups in total. The van der Waals surface area contributed by atoms with Crippen molar-refractivity contribution in [1.82, 2.24) is 15.5 Å². The molecule has 0 aliphatic heterocycles. The van der Waals surface area contributed by atoms with E-state index in [4.69, 9.17) is 0 Å². The van der Waals surface area contributed by atoms with Crippen LogP contribution in [0.3, 0.4) is 0 Å². The molecule has 0 aliphatic carbocycles. The summed E-state index contributed by atoms with van der Waals surface area (Å²) in [6, 6.07) is 5.84. The Morgan fingerprint density at radius 1 is 1.56 bits per heavy atom. The molecule has 5 heteroatoms. The van der Waals surface area contributed by atoms with Gasteiger partial charge in [-0.3, -0.25) is 9.89 Å². The van der Waals surface area contributed by atoms with Crippen LogP contribution in [0.1, 0.15) is 24.3 Å². The van der Waals surface area contributed by atoms with Crippen molar-refractivity contribution in [2.24, 2.45) is 0 Å². The molecule has 0 atom stereocenters. The highest BCUT2D eigenvalue weighted by Gasteiger charge is 2.12. The minimum Gasteiger partial charge on any atom is -0.348 e. The molecule has 1 amide bonds. The highest BCUT2D eigenvalue weighted by Crippen LogP contribution is 2.22. The Bertz CT molecular complexity index is 473. The second kappa shape index (κ2) is 4.49. The zero-order chi connectivity index (χ0) is 11.5. The molecule has 0 bridgehead atoms. The summed E-state index contributed by atoms with van der Waals surface area (Å²) < 4.78 is 0. The van der Waals surface area contributed by atoms with E-state index in [0.29, 0.717) is 5.69 Å². The van der Waals surface area contributed by atoms with Crippen molar-refractivity contribution in [2.45, 2.75) is 19.9 Å². The first-order chi connectivity index (χ1) is 7.66. The van der Waals surface area contributed by atoms with Crippen molar-refractivity contribution in [3.63, 3.8) is 0 Å². The van der Waals surface area contributed by atoms with E-state index in [2.05, 4.69) is 15.5 Å². The molecule has 0 unspecified atom stereocenters. The van der Waals surface area contributed by atoms with Crippen molar-refractivity contribution < 1.29 is 4.79 Å². The summed E-state index contributed by atoms with van der Waals surface area (Å²) in [6.45, 7) is 3.84. The van der Waals surface area contributed by atoms with Crippen LogP contribution in [0.15, 0.2) is 23.6 Å². The highest BCUT2D eigenvalue weighted by molar-refractivity contribution is 7.13. The van der Waals surface area contributed by atoms with E-state index in [1.807, 2.05) is 31.4 Å². The summed E-state index contributed by atoms with van der Waals surface area (Å²) in [5.41, 5.74) is 1.31. The van der Waals surface area contributed by atoms with Gasteiger partial charge in [-0.15, -0.1) is 11.3 Å². The lowest BCUT2D eigenvalue weighted by atomic mass is 10.3. The van der Waals surface area contributed by atoms with E-state index in [1.165, 1.54) is 0 Å². The lowest BCUT2D eigenvalue weighted by Crippen LogP contribution is -2.30. The summed E-state index contributed by atoms with van der Waals surface area (Å²) >= 11 is 1.61. The standard InChI is InChI=1S/C11H13N3OS/c1-7(2)12-11(15)9-6-8(13-14-9)10-4-3-5-16-10/h3-7H,1-2H3,(H,12,15)(H,13,14). The number of carbonyl (C=O) groups is 1. The van der Waals surface area contributed by atoms with Gasteiger partial charge in [0.1, 0.15) is 0 Å². The van der Waals surface area contributed by atoms with Gasteiger partial charge in [-0.05, 0) is 31.4 Å². The molecule has 2 heterocycles. The lowest BCUT2D eigenvalue weighted by Gasteiger charge is -2.04. The Morgan fingerprint density at radius 2 is 2.38 bits per heavy atom. The Morgan fingerprint density at radius 3 is 3.00 bits per heavy atom. The van der Waals surface area contributed by atoms with E-state index in [9.17, 15) is 4.79 Å². The SMILES string of the molecule is CC(C)NC(=O)c1cc(-c2cccs2)[nH]n1. The first-order valence-electron chi connectivity index (χ1n) is 5.07. The van der Waals surface area contributed by atoms with Gasteiger partial charge in [-0.2, -0.15) is 5.10 Å². The molecule has 84 valence electrons. The molecular formula is C11H13N3OS. The molecule has 16 heavy (non-hydrogen) atoms. The minimum absolute atomic E-state index is 0.120. The van der Waals surface area contributed by atoms with Crippen LogP contribution in [-0.2, 0) is 0 Å². The molecule has 0 aromatic carbocycles. The third kappa shape index (κ3) is 2.30. The zero-order valence-corrected chi connectivity index (χ0v) is 9.97. The molecule has 0 saturated carbocycles. The van der Waals surface area contributed by atoms with Gasteiger partial charge in [0, 0.05) is 6.04 Å². The second-order valence-corrected chi connectivity index (χ2v) is 4.72. The van der Waals surface area contributed by atoms with Crippen molar-refractivity contribution in [3.05, 3.63) is 29.3 Å². The number of H-pyrrole nitrogens is 1. The lowest BCUT2D eigenvalue weighted by molar-refractivity contribution is 0.0938. The summed E-state index contributed by atoms with van der Waals surface area (Å²) in [7, 11) is 0. The van der Waals surface area contributed by atoms with Crippen LogP contribution < -0.4 is 5.32 Å². The zero-order valence-electron chi connectivity index (χ0n) is 9.15. The molecule has 4 nitrogen and oxygen atoms in total. The largest absolute Gasteiger partial charge is 0.348 e. The van der Waals surface area contributed by atoms with E-state index < -0.39 is 0 Å². The fraction of sp³-hybridized carbons (Fsp3) is 0.273. The number of aromatic nitrogens is 2. The average Bonchev–Trinajstić information content (AvgIpc) is 2.87. The van der Waals surface area contributed by atoms with Gasteiger partial charge in [0.2, 0.25) is 0 Å². The topological polar surface area (TPSA) is 57.8 Å². The number of aromatic amines is 1. The molecule has 0 spiro atoms. The first-order valence-corrected chi connectivity index (χ1v) is 5.95. The number of hydrogen-bond acceptors (Lipinski definition) is 3. The molecule has 2 aromatic rings. The van der Waals surface area contributed by atoms with Gasteiger partial charge >= 0.3 is 0 Å². The number of rotatable bonds is 3. The summed E-state index contributed by atoms with van der Waals surface area (Å²) in [4.78, 5) is 12.7. The number of carbonyl (C=O) groups excluding carboxylic acids is 1. The molecule has 0 aliphatic rings. The monoisotopic (exact) mass is 235 g/mol. The second-order valence-electron chi connectivity index (χ2n) is 3.77. The smallest absolute Gasteiger partial charge is 0.271 e. The third-order valence-corrected chi connectivity index (χ3v) is 2.92. The van der Waals surface area contributed by atoms with Crippen LogP contribution in [0.25, 0.3) is 10.6 Å². The van der Waals surface area contributed by atoms with Gasteiger partial charge in [-0.25, -0.2) is 0 Å². The van der Waals surface area contributed by atoms with Crippen LogP contribution in [0, 0.1) is 0 Å². The Balaban J connectivity index is 2.17. The number of amides is 1. The predicted octanol–water partition coefficient (Wildman–Crippen LogP) is 2.28. The third-order valence-electron chi connectivity index (χ3n) is 2.02. The number of hydrogen-bond donors (Lipinski definition) is 2. The number of nitrogens with one attached hydrogen (secondary N) is 2. The summed E-state index contributed by atoms with van der Waals surface area (Å²) in [6.07, 6.45) is 0. The Labute approximate surface area is 97.7 Å². The molecule has 0 radical (unpaired) electrons. The van der Waals surface area contributed by atoms with Gasteiger partial charge in [0.25, 0.3) is 5.91 Å². The van der Waals surface area contributed by atoms with E-state index in [-0.39, 0.29) is 11.9 Å². The van der Waals surface area contributed by atoms with Crippen LogP contribution >= 0.6 is 11.3 Å². The fourth-order valence-electron chi connectivity index (χ4n) is 1.33. The van der Waals surface area contributed by atoms with E-state index in [1.54, 1.807) is 17.4 Å². The van der Waals surface area contributed by atoms with E-state index in [0.717, 1.165) is 10.6 Å². The maximum atomic E-state index is 11.6. The molecule has 0 saturated heterocycles. The Kier molecular flexibility index (Phi) is 3.05. The van der Waals surface area contributed by atoms with E-state index >= 15 is 0 Å². The van der Waals surface area contributed by atoms with Crippen LogP contribution in [0.2, 0.25) is 0 Å². The Hall–Kier alpha value is -1.62. The minimum atomic E-state index is -0.144. The molecule has 0 fully saturated rings. The van der Waals surface area contributed by atoms with Gasteiger partial charge in [0.05, 0.1) is 10.6 Å². The fourth-order valence-corrected chi connectivity index (χ4v) is 2.02. The average molecular weight is 235 g/mol. The number of nitrogens with zero attached hydrogens (tertiary/aromatic N) is 1. The van der Waals surface area contributed by atoms with Crippen molar-refractivity contribution >= 4 is 17.2 Å². The molecule has 2 aromatic heterocycles. The normalized spacial score (nSPS) is 10.7. The summed E-state index contributed by atoms with van der Waals surface area (Å²) in [5.74, 6) is -0.144. The van der Waals surface area contributed by atoms with Crippen molar-refractivity contribution in [2.75, 3.05) is 0 Å².